The fourth-order valence-corrected chi connectivity index (χ4v) is 1.64. The third-order valence-corrected chi connectivity index (χ3v) is 2.60. The molecule has 104 valence electrons. The minimum Gasteiger partial charge on any atom is -0.397 e. The zero-order valence-corrected chi connectivity index (χ0v) is 10.5. The summed E-state index contributed by atoms with van der Waals surface area (Å²) in [6.07, 6.45) is 1.13. The lowest BCUT2D eigenvalue weighted by atomic mass is 10.2. The van der Waals surface area contributed by atoms with Gasteiger partial charge in [0, 0.05) is 12.1 Å². The summed E-state index contributed by atoms with van der Waals surface area (Å²) in [6.45, 7) is 0. The smallest absolute Gasteiger partial charge is 0.258 e. The number of pyridine rings is 1. The highest BCUT2D eigenvalue weighted by Crippen LogP contribution is 2.22. The normalized spacial score (nSPS) is 10.4. The molecule has 1 aromatic carbocycles. The van der Waals surface area contributed by atoms with Crippen molar-refractivity contribution in [2.75, 3.05) is 11.1 Å². The van der Waals surface area contributed by atoms with Crippen molar-refractivity contribution < 1.29 is 18.0 Å². The molecule has 8 heteroatoms. The van der Waals surface area contributed by atoms with E-state index in [1.807, 2.05) is 5.32 Å². The molecule has 0 unspecified atom stereocenters. The molecule has 0 radical (unpaired) electrons. The summed E-state index contributed by atoms with van der Waals surface area (Å²) in [5.41, 5.74) is 4.62. The van der Waals surface area contributed by atoms with Crippen LogP contribution in [0.4, 0.5) is 24.5 Å². The van der Waals surface area contributed by atoms with Gasteiger partial charge in [0.25, 0.3) is 5.91 Å². The molecule has 2 rings (SSSR count). The first kappa shape index (κ1) is 14.1. The van der Waals surface area contributed by atoms with Crippen LogP contribution >= 0.6 is 11.6 Å². The Hall–Kier alpha value is -2.28. The number of nitrogens with one attached hydrogen (secondary N) is 1. The van der Waals surface area contributed by atoms with E-state index in [1.165, 1.54) is 0 Å². The molecule has 0 atom stereocenters. The minimum atomic E-state index is -1.24. The van der Waals surface area contributed by atoms with Gasteiger partial charge in [0.05, 0.1) is 17.4 Å². The molecule has 0 aliphatic carbocycles. The maximum atomic E-state index is 13.4. The molecule has 2 aromatic rings. The van der Waals surface area contributed by atoms with Crippen molar-refractivity contribution in [3.05, 3.63) is 52.6 Å². The third kappa shape index (κ3) is 2.83. The number of carbonyl (C=O) groups is 1. The van der Waals surface area contributed by atoms with Crippen LogP contribution in [0.25, 0.3) is 0 Å². The van der Waals surface area contributed by atoms with Gasteiger partial charge in [-0.25, -0.2) is 18.2 Å². The standard InChI is InChI=1S/C12H7ClF3N3O/c13-10-3-6(9(17)4-18-10)12(20)19-11-7(15)1-5(14)2-8(11)16/h1-4H,17H2,(H,19,20). The van der Waals surface area contributed by atoms with Gasteiger partial charge in [-0.2, -0.15) is 0 Å². The second-order valence-electron chi connectivity index (χ2n) is 3.79. The first-order chi connectivity index (χ1) is 9.38. The Labute approximate surface area is 116 Å². The summed E-state index contributed by atoms with van der Waals surface area (Å²) < 4.78 is 39.6. The lowest BCUT2D eigenvalue weighted by Crippen LogP contribution is -2.16. The predicted octanol–water partition coefficient (Wildman–Crippen LogP) is 2.99. The van der Waals surface area contributed by atoms with Crippen molar-refractivity contribution in [1.82, 2.24) is 4.98 Å². The van der Waals surface area contributed by atoms with Crippen LogP contribution < -0.4 is 11.1 Å². The highest BCUT2D eigenvalue weighted by Gasteiger charge is 2.17. The van der Waals surface area contributed by atoms with Crippen molar-refractivity contribution in [1.29, 1.82) is 0 Å². The summed E-state index contributed by atoms with van der Waals surface area (Å²) in [4.78, 5) is 15.5. The number of hydrogen-bond donors (Lipinski definition) is 2. The Kier molecular flexibility index (Phi) is 3.80. The molecular formula is C12H7ClF3N3O. The molecule has 3 N–H and O–H groups in total. The lowest BCUT2D eigenvalue weighted by molar-refractivity contribution is 0.102. The molecule has 1 heterocycles. The van der Waals surface area contributed by atoms with Crippen LogP contribution in [0, 0.1) is 17.5 Å². The molecule has 4 nitrogen and oxygen atoms in total. The Balaban J connectivity index is 2.35. The van der Waals surface area contributed by atoms with Crippen LogP contribution in [0.2, 0.25) is 5.15 Å². The zero-order valence-electron chi connectivity index (χ0n) is 9.75. The van der Waals surface area contributed by atoms with Gasteiger partial charge < -0.3 is 11.1 Å². The third-order valence-electron chi connectivity index (χ3n) is 2.39. The molecule has 0 bridgehead atoms. The van der Waals surface area contributed by atoms with Crippen molar-refractivity contribution in [2.45, 2.75) is 0 Å². The molecule has 0 fully saturated rings. The maximum Gasteiger partial charge on any atom is 0.258 e. The molecule has 0 spiro atoms. The average Bonchev–Trinajstić information content (AvgIpc) is 2.36. The van der Waals surface area contributed by atoms with Crippen molar-refractivity contribution >= 4 is 28.9 Å². The van der Waals surface area contributed by atoms with E-state index in [0.29, 0.717) is 12.1 Å². The number of anilines is 2. The van der Waals surface area contributed by atoms with E-state index in [2.05, 4.69) is 4.98 Å². The summed E-state index contributed by atoms with van der Waals surface area (Å²) in [5, 5.41) is 1.96. The first-order valence-electron chi connectivity index (χ1n) is 5.25. The van der Waals surface area contributed by atoms with Crippen molar-refractivity contribution in [3.8, 4) is 0 Å². The molecule has 20 heavy (non-hydrogen) atoms. The molecule has 0 aliphatic rings. The molecular weight excluding hydrogens is 295 g/mol. The highest BCUT2D eigenvalue weighted by atomic mass is 35.5. The summed E-state index contributed by atoms with van der Waals surface area (Å²) in [7, 11) is 0. The molecule has 0 saturated heterocycles. The van der Waals surface area contributed by atoms with E-state index < -0.39 is 29.0 Å². The van der Waals surface area contributed by atoms with Gasteiger partial charge in [-0.3, -0.25) is 4.79 Å². The molecule has 0 aliphatic heterocycles. The van der Waals surface area contributed by atoms with Gasteiger partial charge >= 0.3 is 0 Å². The Morgan fingerprint density at radius 3 is 2.40 bits per heavy atom. The summed E-state index contributed by atoms with van der Waals surface area (Å²) >= 11 is 5.60. The van der Waals surface area contributed by atoms with Crippen LogP contribution in [0.1, 0.15) is 10.4 Å². The Bertz CT molecular complexity index is 671. The second-order valence-corrected chi connectivity index (χ2v) is 4.18. The fraction of sp³-hybridized carbons (Fsp3) is 0. The van der Waals surface area contributed by atoms with Gasteiger partial charge in [0.2, 0.25) is 0 Å². The fourth-order valence-electron chi connectivity index (χ4n) is 1.48. The second kappa shape index (κ2) is 5.38. The largest absolute Gasteiger partial charge is 0.397 e. The number of rotatable bonds is 2. The zero-order chi connectivity index (χ0) is 14.9. The Morgan fingerprint density at radius 1 is 1.20 bits per heavy atom. The van der Waals surface area contributed by atoms with Gasteiger partial charge in [0.1, 0.15) is 16.7 Å². The number of nitrogens with zero attached hydrogens (tertiary/aromatic N) is 1. The lowest BCUT2D eigenvalue weighted by Gasteiger charge is -2.09. The van der Waals surface area contributed by atoms with E-state index in [4.69, 9.17) is 17.3 Å². The van der Waals surface area contributed by atoms with Gasteiger partial charge in [0.15, 0.2) is 11.6 Å². The van der Waals surface area contributed by atoms with E-state index in [0.717, 1.165) is 12.3 Å². The monoisotopic (exact) mass is 301 g/mol. The molecule has 1 amide bonds. The number of hydrogen-bond acceptors (Lipinski definition) is 3. The number of nitrogens with two attached hydrogens (primary N) is 1. The van der Waals surface area contributed by atoms with Crippen molar-refractivity contribution in [2.24, 2.45) is 0 Å². The highest BCUT2D eigenvalue weighted by molar-refractivity contribution is 6.30. The topological polar surface area (TPSA) is 68.0 Å². The number of amides is 1. The van der Waals surface area contributed by atoms with E-state index >= 15 is 0 Å². The summed E-state index contributed by atoms with van der Waals surface area (Å²) in [5.74, 6) is -4.47. The average molecular weight is 302 g/mol. The van der Waals surface area contributed by atoms with Crippen LogP contribution in [0.15, 0.2) is 24.4 Å². The predicted molar refractivity (Wildman–Crippen MR) is 67.9 cm³/mol. The summed E-state index contributed by atoms with van der Waals surface area (Å²) in [6, 6.07) is 2.04. The SMILES string of the molecule is Nc1cnc(Cl)cc1C(=O)Nc1c(F)cc(F)cc1F. The van der Waals surface area contributed by atoms with Crippen molar-refractivity contribution in [3.63, 3.8) is 0 Å². The minimum absolute atomic E-state index is 0.00981. The van der Waals surface area contributed by atoms with Gasteiger partial charge in [-0.15, -0.1) is 0 Å². The van der Waals surface area contributed by atoms with E-state index in [1.54, 1.807) is 0 Å². The maximum absolute atomic E-state index is 13.4. The van der Waals surface area contributed by atoms with Crippen LogP contribution in [0.3, 0.4) is 0 Å². The quantitative estimate of drug-likeness (QED) is 0.838. The number of nitrogen functional groups attached to an aromatic ring is 1. The van der Waals surface area contributed by atoms with Gasteiger partial charge in [-0.05, 0) is 6.07 Å². The number of benzene rings is 1. The van der Waals surface area contributed by atoms with Gasteiger partial charge in [-0.1, -0.05) is 11.6 Å². The van der Waals surface area contributed by atoms with E-state index in [-0.39, 0.29) is 16.4 Å². The number of halogens is 4. The van der Waals surface area contributed by atoms with Crippen LogP contribution in [-0.2, 0) is 0 Å². The Morgan fingerprint density at radius 2 is 1.80 bits per heavy atom. The number of carbonyl (C=O) groups excluding carboxylic acids is 1. The number of aromatic nitrogens is 1. The van der Waals surface area contributed by atoms with Crippen LogP contribution in [0.5, 0.6) is 0 Å². The van der Waals surface area contributed by atoms with Crippen LogP contribution in [-0.4, -0.2) is 10.9 Å². The molecule has 0 saturated carbocycles. The van der Waals surface area contributed by atoms with E-state index in [9.17, 15) is 18.0 Å². The first-order valence-corrected chi connectivity index (χ1v) is 5.63. The molecule has 1 aromatic heterocycles.